The van der Waals surface area contributed by atoms with Crippen LogP contribution >= 0.6 is 0 Å². The summed E-state index contributed by atoms with van der Waals surface area (Å²) in [6, 6.07) is 24.3. The first kappa shape index (κ1) is 16.1. The van der Waals surface area contributed by atoms with Crippen LogP contribution in [0.1, 0.15) is 29.7 Å². The predicted molar refractivity (Wildman–Crippen MR) is 97.8 cm³/mol. The summed E-state index contributed by atoms with van der Waals surface area (Å²) in [5.74, 6) is 0.685. The van der Waals surface area contributed by atoms with Crippen LogP contribution in [-0.4, -0.2) is 17.8 Å². The fourth-order valence-corrected chi connectivity index (χ4v) is 2.44. The second-order valence-corrected chi connectivity index (χ2v) is 5.52. The first-order chi connectivity index (χ1) is 11.8. The second-order valence-electron chi connectivity index (χ2n) is 5.52. The Labute approximate surface area is 142 Å². The summed E-state index contributed by atoms with van der Waals surface area (Å²) < 4.78 is 5.32. The molecule has 0 bridgehead atoms. The molecule has 0 radical (unpaired) electrons. The van der Waals surface area contributed by atoms with Crippen LogP contribution < -0.4 is 0 Å². The van der Waals surface area contributed by atoms with Crippen molar-refractivity contribution in [3.63, 3.8) is 0 Å². The lowest BCUT2D eigenvalue weighted by Crippen LogP contribution is -2.03. The number of rotatable bonds is 5. The van der Waals surface area contributed by atoms with Crippen LogP contribution in [-0.2, 0) is 4.74 Å². The maximum atomic E-state index is 5.32. The van der Waals surface area contributed by atoms with Crippen LogP contribution in [0.5, 0.6) is 0 Å². The van der Waals surface area contributed by atoms with Gasteiger partial charge >= 0.3 is 0 Å². The van der Waals surface area contributed by atoms with E-state index >= 15 is 0 Å². The molecule has 1 heterocycles. The number of hydrogen-bond acceptors (Lipinski definition) is 3. The van der Waals surface area contributed by atoms with Crippen molar-refractivity contribution >= 4 is 11.5 Å². The zero-order valence-electron chi connectivity index (χ0n) is 13.9. The Hall–Kier alpha value is -2.78. The molecule has 120 valence electrons. The normalized spacial score (nSPS) is 11.8. The quantitative estimate of drug-likeness (QED) is 0.624. The van der Waals surface area contributed by atoms with Gasteiger partial charge in [-0.1, -0.05) is 66.7 Å². The molecule has 0 unspecified atom stereocenters. The number of methoxy groups -OCH3 is 1. The molecular formula is C21H20N2O. The van der Waals surface area contributed by atoms with Gasteiger partial charge in [0.05, 0.1) is 11.8 Å². The minimum Gasteiger partial charge on any atom is -0.377 e. The average Bonchev–Trinajstić information content (AvgIpc) is 2.67. The van der Waals surface area contributed by atoms with Gasteiger partial charge in [-0.25, -0.2) is 9.98 Å². The SMILES string of the molecule is CO[C@@H](C)c1ccc(N=C(c2ccccc2)c2ccccc2)nc1. The van der Waals surface area contributed by atoms with E-state index in [1.807, 2.05) is 61.7 Å². The van der Waals surface area contributed by atoms with E-state index in [-0.39, 0.29) is 6.10 Å². The summed E-state index contributed by atoms with van der Waals surface area (Å²) in [6.07, 6.45) is 1.85. The van der Waals surface area contributed by atoms with E-state index in [0.29, 0.717) is 5.82 Å². The lowest BCUT2D eigenvalue weighted by molar-refractivity contribution is 0.119. The summed E-state index contributed by atoms with van der Waals surface area (Å²) in [4.78, 5) is 9.26. The van der Waals surface area contributed by atoms with Crippen LogP contribution in [0.4, 0.5) is 5.82 Å². The van der Waals surface area contributed by atoms with Gasteiger partial charge in [-0.3, -0.25) is 0 Å². The minimum absolute atomic E-state index is 0.0262. The molecule has 24 heavy (non-hydrogen) atoms. The van der Waals surface area contributed by atoms with E-state index in [4.69, 9.17) is 9.73 Å². The Morgan fingerprint density at radius 2 is 1.46 bits per heavy atom. The third-order valence-electron chi connectivity index (χ3n) is 3.91. The summed E-state index contributed by atoms with van der Waals surface area (Å²) in [6.45, 7) is 2.00. The fraction of sp³-hybridized carbons (Fsp3) is 0.143. The monoisotopic (exact) mass is 316 g/mol. The molecule has 3 heteroatoms. The maximum absolute atomic E-state index is 5.32. The van der Waals surface area contributed by atoms with Gasteiger partial charge < -0.3 is 4.74 Å². The zero-order chi connectivity index (χ0) is 16.8. The van der Waals surface area contributed by atoms with Crippen molar-refractivity contribution in [2.45, 2.75) is 13.0 Å². The molecule has 1 aromatic heterocycles. The van der Waals surface area contributed by atoms with Crippen LogP contribution in [0.3, 0.4) is 0 Å². The van der Waals surface area contributed by atoms with Crippen LogP contribution in [0.15, 0.2) is 84.0 Å². The lowest BCUT2D eigenvalue weighted by Gasteiger charge is -2.10. The van der Waals surface area contributed by atoms with Gasteiger partial charge in [-0.2, -0.15) is 0 Å². The van der Waals surface area contributed by atoms with Crippen molar-refractivity contribution in [1.29, 1.82) is 0 Å². The van der Waals surface area contributed by atoms with Crippen molar-refractivity contribution in [3.8, 4) is 0 Å². The second kappa shape index (κ2) is 7.66. The highest BCUT2D eigenvalue weighted by molar-refractivity contribution is 6.13. The number of pyridine rings is 1. The molecule has 0 fully saturated rings. The highest BCUT2D eigenvalue weighted by Crippen LogP contribution is 2.20. The molecule has 3 nitrogen and oxygen atoms in total. The number of benzene rings is 2. The van der Waals surface area contributed by atoms with Gasteiger partial charge in [0.15, 0.2) is 5.82 Å². The van der Waals surface area contributed by atoms with Crippen LogP contribution in [0.2, 0.25) is 0 Å². The molecule has 2 aromatic carbocycles. The Morgan fingerprint density at radius 3 is 1.92 bits per heavy atom. The molecule has 0 aliphatic carbocycles. The lowest BCUT2D eigenvalue weighted by atomic mass is 10.0. The van der Waals surface area contributed by atoms with E-state index in [9.17, 15) is 0 Å². The smallest absolute Gasteiger partial charge is 0.152 e. The van der Waals surface area contributed by atoms with Crippen molar-refractivity contribution < 1.29 is 4.74 Å². The Bertz CT molecular complexity index is 755. The molecule has 0 N–H and O–H groups in total. The summed E-state index contributed by atoms with van der Waals surface area (Å²) >= 11 is 0. The van der Waals surface area contributed by atoms with Crippen LogP contribution in [0.25, 0.3) is 0 Å². The third-order valence-corrected chi connectivity index (χ3v) is 3.91. The van der Waals surface area contributed by atoms with Gasteiger partial charge in [0, 0.05) is 24.4 Å². The number of aromatic nitrogens is 1. The van der Waals surface area contributed by atoms with E-state index in [0.717, 1.165) is 22.4 Å². The molecule has 0 saturated carbocycles. The van der Waals surface area contributed by atoms with Crippen molar-refractivity contribution in [2.24, 2.45) is 4.99 Å². The van der Waals surface area contributed by atoms with E-state index in [1.165, 1.54) is 0 Å². The van der Waals surface area contributed by atoms with Crippen molar-refractivity contribution in [3.05, 3.63) is 95.7 Å². The molecule has 0 aliphatic rings. The third kappa shape index (κ3) is 3.76. The molecule has 1 atom stereocenters. The first-order valence-corrected chi connectivity index (χ1v) is 7.96. The highest BCUT2D eigenvalue weighted by atomic mass is 16.5. The van der Waals surface area contributed by atoms with Gasteiger partial charge in [0.1, 0.15) is 0 Å². The van der Waals surface area contributed by atoms with Crippen molar-refractivity contribution in [2.75, 3.05) is 7.11 Å². The Kier molecular flexibility index (Phi) is 5.14. The zero-order valence-corrected chi connectivity index (χ0v) is 13.9. The first-order valence-electron chi connectivity index (χ1n) is 7.96. The largest absolute Gasteiger partial charge is 0.377 e. The van der Waals surface area contributed by atoms with E-state index < -0.39 is 0 Å². The van der Waals surface area contributed by atoms with Gasteiger partial charge in [0.2, 0.25) is 0 Å². The van der Waals surface area contributed by atoms with Gasteiger partial charge in [-0.05, 0) is 18.6 Å². The van der Waals surface area contributed by atoms with Gasteiger partial charge in [-0.15, -0.1) is 0 Å². The Balaban J connectivity index is 2.01. The van der Waals surface area contributed by atoms with E-state index in [1.54, 1.807) is 7.11 Å². The number of ether oxygens (including phenoxy) is 1. The average molecular weight is 316 g/mol. The fourth-order valence-electron chi connectivity index (χ4n) is 2.44. The molecule has 0 spiro atoms. The Morgan fingerprint density at radius 1 is 0.875 bits per heavy atom. The summed E-state index contributed by atoms with van der Waals surface area (Å²) in [5, 5.41) is 0. The van der Waals surface area contributed by atoms with Crippen LogP contribution in [0, 0.1) is 0 Å². The van der Waals surface area contributed by atoms with E-state index in [2.05, 4.69) is 29.2 Å². The highest BCUT2D eigenvalue weighted by Gasteiger charge is 2.08. The number of aliphatic imine (C=N–C) groups is 1. The van der Waals surface area contributed by atoms with Gasteiger partial charge in [0.25, 0.3) is 0 Å². The molecule has 0 amide bonds. The topological polar surface area (TPSA) is 34.5 Å². The molecule has 3 aromatic rings. The van der Waals surface area contributed by atoms with Crippen molar-refractivity contribution in [1.82, 2.24) is 4.98 Å². The molecular weight excluding hydrogens is 296 g/mol. The molecule has 0 saturated heterocycles. The summed E-state index contributed by atoms with van der Waals surface area (Å²) in [5.41, 5.74) is 4.09. The number of nitrogens with zero attached hydrogens (tertiary/aromatic N) is 2. The minimum atomic E-state index is 0.0262. The molecule has 0 aliphatic heterocycles. The number of hydrogen-bond donors (Lipinski definition) is 0. The predicted octanol–water partition coefficient (Wildman–Crippen LogP) is 4.96. The standard InChI is InChI=1S/C21H20N2O/c1-16(24-2)19-13-14-20(22-15-19)23-21(17-9-5-3-6-10-17)18-11-7-4-8-12-18/h3-16H,1-2H3/t16-/m0/s1. The maximum Gasteiger partial charge on any atom is 0.152 e. The molecule has 3 rings (SSSR count). The summed E-state index contributed by atoms with van der Waals surface area (Å²) in [7, 11) is 1.69.